The second-order valence-electron chi connectivity index (χ2n) is 8.20. The molecule has 1 unspecified atom stereocenters. The normalized spacial score (nSPS) is 15.2. The van der Waals surface area contributed by atoms with E-state index in [-0.39, 0.29) is 30.4 Å². The van der Waals surface area contributed by atoms with Crippen molar-refractivity contribution in [3.63, 3.8) is 0 Å². The lowest BCUT2D eigenvalue weighted by molar-refractivity contribution is -0.115. The average Bonchev–Trinajstić information content (AvgIpc) is 3.22. The molecule has 1 saturated carbocycles. The third kappa shape index (κ3) is 6.07. The van der Waals surface area contributed by atoms with Gasteiger partial charge in [0.25, 0.3) is 5.91 Å². The number of para-hydroxylation sites is 1. The van der Waals surface area contributed by atoms with Gasteiger partial charge < -0.3 is 16.0 Å². The lowest BCUT2D eigenvalue weighted by atomic mass is 9.96. The van der Waals surface area contributed by atoms with Gasteiger partial charge in [0.1, 0.15) is 0 Å². The molecule has 3 rings (SSSR count). The van der Waals surface area contributed by atoms with E-state index < -0.39 is 0 Å². The van der Waals surface area contributed by atoms with Gasteiger partial charge in [0.2, 0.25) is 5.91 Å². The predicted octanol–water partition coefficient (Wildman–Crippen LogP) is 4.94. The summed E-state index contributed by atoms with van der Waals surface area (Å²) in [4.78, 5) is 25.3. The van der Waals surface area contributed by atoms with Crippen molar-refractivity contribution in [2.45, 2.75) is 51.6 Å². The van der Waals surface area contributed by atoms with Gasteiger partial charge in [-0.25, -0.2) is 0 Å². The molecule has 1 aliphatic rings. The zero-order chi connectivity index (χ0) is 21.5. The molecule has 1 atom stereocenters. The van der Waals surface area contributed by atoms with E-state index in [9.17, 15) is 9.59 Å². The zero-order valence-electron chi connectivity index (χ0n) is 17.6. The molecule has 0 spiro atoms. The summed E-state index contributed by atoms with van der Waals surface area (Å²) in [6.07, 6.45) is 4.34. The SMILES string of the molecule is CC(C)C(NCC(=O)Nc1ccccc1C(=O)NC1CCCC1)c1ccc(Cl)cc1. The minimum atomic E-state index is -0.185. The monoisotopic (exact) mass is 427 g/mol. The summed E-state index contributed by atoms with van der Waals surface area (Å²) in [5.41, 5.74) is 2.11. The van der Waals surface area contributed by atoms with Crippen molar-refractivity contribution in [3.8, 4) is 0 Å². The Kier molecular flexibility index (Phi) is 7.88. The van der Waals surface area contributed by atoms with Gasteiger partial charge in [0.05, 0.1) is 17.8 Å². The van der Waals surface area contributed by atoms with Gasteiger partial charge in [0.15, 0.2) is 0 Å². The fraction of sp³-hybridized carbons (Fsp3) is 0.417. The number of hydrogen-bond acceptors (Lipinski definition) is 3. The number of anilines is 1. The molecule has 0 saturated heterocycles. The van der Waals surface area contributed by atoms with Crippen LogP contribution in [0.4, 0.5) is 5.69 Å². The van der Waals surface area contributed by atoms with E-state index in [2.05, 4.69) is 29.8 Å². The van der Waals surface area contributed by atoms with Crippen LogP contribution in [0.25, 0.3) is 0 Å². The highest BCUT2D eigenvalue weighted by molar-refractivity contribution is 6.30. The lowest BCUT2D eigenvalue weighted by Crippen LogP contribution is -2.35. The van der Waals surface area contributed by atoms with E-state index in [1.807, 2.05) is 36.4 Å². The Morgan fingerprint density at radius 1 is 1.03 bits per heavy atom. The molecule has 1 fully saturated rings. The highest BCUT2D eigenvalue weighted by Crippen LogP contribution is 2.23. The van der Waals surface area contributed by atoms with E-state index in [0.717, 1.165) is 31.2 Å². The van der Waals surface area contributed by atoms with Gasteiger partial charge in [-0.1, -0.05) is 62.6 Å². The van der Waals surface area contributed by atoms with Crippen molar-refractivity contribution in [2.24, 2.45) is 5.92 Å². The Hall–Kier alpha value is -2.37. The molecule has 160 valence electrons. The Morgan fingerprint density at radius 3 is 2.37 bits per heavy atom. The van der Waals surface area contributed by atoms with Gasteiger partial charge >= 0.3 is 0 Å². The highest BCUT2D eigenvalue weighted by Gasteiger charge is 2.21. The molecular weight excluding hydrogens is 398 g/mol. The molecule has 6 heteroatoms. The van der Waals surface area contributed by atoms with Crippen LogP contribution < -0.4 is 16.0 Å². The molecule has 0 heterocycles. The minimum absolute atomic E-state index is 0.0222. The number of nitrogens with one attached hydrogen (secondary N) is 3. The molecule has 0 aliphatic heterocycles. The average molecular weight is 428 g/mol. The van der Waals surface area contributed by atoms with Crippen LogP contribution in [0.1, 0.15) is 61.5 Å². The van der Waals surface area contributed by atoms with Crippen LogP contribution in [0.5, 0.6) is 0 Å². The molecule has 2 aromatic rings. The second kappa shape index (κ2) is 10.6. The fourth-order valence-electron chi connectivity index (χ4n) is 3.93. The van der Waals surface area contributed by atoms with Crippen LogP contribution in [0.3, 0.4) is 0 Å². The minimum Gasteiger partial charge on any atom is -0.349 e. The van der Waals surface area contributed by atoms with Gasteiger partial charge in [0, 0.05) is 17.1 Å². The first kappa shape index (κ1) is 22.3. The van der Waals surface area contributed by atoms with Crippen molar-refractivity contribution in [1.29, 1.82) is 0 Å². The maximum Gasteiger partial charge on any atom is 0.253 e. The summed E-state index contributed by atoms with van der Waals surface area (Å²) < 4.78 is 0. The number of benzene rings is 2. The van der Waals surface area contributed by atoms with Crippen LogP contribution in [0, 0.1) is 5.92 Å². The van der Waals surface area contributed by atoms with E-state index in [1.54, 1.807) is 12.1 Å². The molecule has 0 aromatic heterocycles. The van der Waals surface area contributed by atoms with Crippen molar-refractivity contribution < 1.29 is 9.59 Å². The van der Waals surface area contributed by atoms with Crippen LogP contribution in [-0.2, 0) is 4.79 Å². The number of amides is 2. The smallest absolute Gasteiger partial charge is 0.253 e. The summed E-state index contributed by atoms with van der Waals surface area (Å²) in [5, 5.41) is 9.98. The van der Waals surface area contributed by atoms with Crippen LogP contribution in [0.2, 0.25) is 5.02 Å². The van der Waals surface area contributed by atoms with E-state index in [4.69, 9.17) is 11.6 Å². The summed E-state index contributed by atoms with van der Waals surface area (Å²) in [5.74, 6) is -0.0221. The summed E-state index contributed by atoms with van der Waals surface area (Å²) in [6.45, 7) is 4.35. The van der Waals surface area contributed by atoms with Crippen LogP contribution in [-0.4, -0.2) is 24.4 Å². The van der Waals surface area contributed by atoms with Crippen LogP contribution in [0.15, 0.2) is 48.5 Å². The van der Waals surface area contributed by atoms with E-state index in [0.29, 0.717) is 22.2 Å². The Labute approximate surface area is 183 Å². The van der Waals surface area contributed by atoms with Crippen molar-refractivity contribution in [3.05, 3.63) is 64.7 Å². The molecule has 2 aromatic carbocycles. The maximum absolute atomic E-state index is 12.7. The summed E-state index contributed by atoms with van der Waals surface area (Å²) in [6, 6.07) is 15.1. The Bertz CT molecular complexity index is 861. The topological polar surface area (TPSA) is 70.2 Å². The number of carbonyl (C=O) groups is 2. The largest absolute Gasteiger partial charge is 0.349 e. The second-order valence-corrected chi connectivity index (χ2v) is 8.64. The Morgan fingerprint density at radius 2 is 1.70 bits per heavy atom. The molecule has 0 radical (unpaired) electrons. The van der Waals surface area contributed by atoms with Gasteiger partial charge in [-0.3, -0.25) is 9.59 Å². The molecule has 2 amide bonds. The molecule has 30 heavy (non-hydrogen) atoms. The number of carbonyl (C=O) groups excluding carboxylic acids is 2. The van der Waals surface area contributed by atoms with Gasteiger partial charge in [-0.15, -0.1) is 0 Å². The molecule has 5 nitrogen and oxygen atoms in total. The fourth-order valence-corrected chi connectivity index (χ4v) is 4.06. The van der Waals surface area contributed by atoms with E-state index >= 15 is 0 Å². The standard InChI is InChI=1S/C24H30ClN3O2/c1-16(2)23(17-11-13-18(25)14-12-17)26-15-22(29)28-21-10-6-5-9-20(21)24(30)27-19-7-3-4-8-19/h5-6,9-14,16,19,23,26H,3-4,7-8,15H2,1-2H3,(H,27,30)(H,28,29). The highest BCUT2D eigenvalue weighted by atomic mass is 35.5. The number of rotatable bonds is 8. The van der Waals surface area contributed by atoms with Crippen molar-refractivity contribution >= 4 is 29.1 Å². The first-order chi connectivity index (χ1) is 14.4. The van der Waals surface area contributed by atoms with Gasteiger partial charge in [-0.2, -0.15) is 0 Å². The number of halogens is 1. The molecular formula is C24H30ClN3O2. The Balaban J connectivity index is 1.61. The van der Waals surface area contributed by atoms with E-state index in [1.165, 1.54) is 0 Å². The lowest BCUT2D eigenvalue weighted by Gasteiger charge is -2.23. The predicted molar refractivity (Wildman–Crippen MR) is 122 cm³/mol. The van der Waals surface area contributed by atoms with Crippen LogP contribution >= 0.6 is 11.6 Å². The number of hydrogen-bond donors (Lipinski definition) is 3. The third-order valence-electron chi connectivity index (χ3n) is 5.51. The molecule has 3 N–H and O–H groups in total. The molecule has 1 aliphatic carbocycles. The van der Waals surface area contributed by atoms with Crippen molar-refractivity contribution in [2.75, 3.05) is 11.9 Å². The zero-order valence-corrected chi connectivity index (χ0v) is 18.3. The third-order valence-corrected chi connectivity index (χ3v) is 5.77. The van der Waals surface area contributed by atoms with Crippen molar-refractivity contribution in [1.82, 2.24) is 10.6 Å². The maximum atomic E-state index is 12.7. The van der Waals surface area contributed by atoms with Gasteiger partial charge in [-0.05, 0) is 48.6 Å². The summed E-state index contributed by atoms with van der Waals surface area (Å²) >= 11 is 5.99. The molecule has 0 bridgehead atoms. The summed E-state index contributed by atoms with van der Waals surface area (Å²) in [7, 11) is 0. The quantitative estimate of drug-likeness (QED) is 0.559. The first-order valence-electron chi connectivity index (χ1n) is 10.6. The first-order valence-corrected chi connectivity index (χ1v) is 11.0.